The van der Waals surface area contributed by atoms with Crippen LogP contribution >= 0.6 is 12.2 Å². The van der Waals surface area contributed by atoms with Gasteiger partial charge in [0.05, 0.1) is 4.99 Å². The maximum atomic E-state index is 11.6. The van der Waals surface area contributed by atoms with E-state index in [9.17, 15) is 4.79 Å². The molecule has 2 atom stereocenters. The van der Waals surface area contributed by atoms with Crippen LogP contribution in [0, 0.1) is 26.7 Å². The molecule has 2 aromatic carbocycles. The first kappa shape index (κ1) is 21.3. The molecule has 1 N–H and O–H groups in total. The molecular weight excluding hydrogens is 382 g/mol. The minimum absolute atomic E-state index is 0.0216. The van der Waals surface area contributed by atoms with Crippen LogP contribution in [0.2, 0.25) is 0 Å². The van der Waals surface area contributed by atoms with Gasteiger partial charge >= 0.3 is 5.97 Å². The van der Waals surface area contributed by atoms with Gasteiger partial charge in [0.25, 0.3) is 0 Å². The molecule has 1 aliphatic heterocycles. The normalized spacial score (nSPS) is 17.8. The van der Waals surface area contributed by atoms with Crippen molar-refractivity contribution in [3.8, 4) is 11.5 Å². The zero-order valence-electron chi connectivity index (χ0n) is 17.8. The van der Waals surface area contributed by atoms with Crippen LogP contribution in [0.1, 0.15) is 48.9 Å². The molecule has 0 saturated carbocycles. The van der Waals surface area contributed by atoms with Crippen LogP contribution < -0.4 is 14.8 Å². The van der Waals surface area contributed by atoms with E-state index in [0.717, 1.165) is 51.5 Å². The van der Waals surface area contributed by atoms with Crippen LogP contribution in [0.15, 0.2) is 30.3 Å². The number of benzene rings is 2. The van der Waals surface area contributed by atoms with Gasteiger partial charge < -0.3 is 14.8 Å². The minimum Gasteiger partial charge on any atom is -0.489 e. The van der Waals surface area contributed by atoms with Crippen molar-refractivity contribution in [2.24, 2.45) is 5.92 Å². The van der Waals surface area contributed by atoms with Crippen LogP contribution in [-0.4, -0.2) is 17.1 Å². The van der Waals surface area contributed by atoms with Gasteiger partial charge in [-0.15, -0.1) is 0 Å². The van der Waals surface area contributed by atoms with Gasteiger partial charge in [0.1, 0.15) is 17.6 Å². The molecule has 1 heterocycles. The summed E-state index contributed by atoms with van der Waals surface area (Å²) in [6.45, 7) is 9.65. The molecule has 2 unspecified atom stereocenters. The second kappa shape index (κ2) is 8.95. The SMILES string of the molecule is CCC1Cc2c(C)c(OC(C)=O)c(C)c(C)c2OC1CC(=S)Nc1ccccc1. The van der Waals surface area contributed by atoms with E-state index in [1.165, 1.54) is 6.92 Å². The molecule has 0 fully saturated rings. The molecule has 0 radical (unpaired) electrons. The number of carbonyl (C=O) groups excluding carboxylic acids is 1. The Labute approximate surface area is 178 Å². The lowest BCUT2D eigenvalue weighted by atomic mass is 9.83. The predicted molar refractivity (Wildman–Crippen MR) is 121 cm³/mol. The Morgan fingerprint density at radius 3 is 2.48 bits per heavy atom. The first-order valence-electron chi connectivity index (χ1n) is 10.1. The van der Waals surface area contributed by atoms with Crippen LogP contribution in [0.4, 0.5) is 5.69 Å². The molecule has 3 rings (SSSR count). The van der Waals surface area contributed by atoms with Crippen molar-refractivity contribution in [3.63, 3.8) is 0 Å². The first-order valence-corrected chi connectivity index (χ1v) is 10.5. The molecular formula is C24H29NO3S. The highest BCUT2D eigenvalue weighted by molar-refractivity contribution is 7.80. The zero-order chi connectivity index (χ0) is 21.1. The Bertz CT molecular complexity index is 924. The highest BCUT2D eigenvalue weighted by Gasteiger charge is 2.33. The van der Waals surface area contributed by atoms with E-state index >= 15 is 0 Å². The average Bonchev–Trinajstić information content (AvgIpc) is 2.69. The molecule has 0 saturated heterocycles. The Morgan fingerprint density at radius 1 is 1.17 bits per heavy atom. The number of ether oxygens (including phenoxy) is 2. The fourth-order valence-electron chi connectivity index (χ4n) is 4.03. The maximum Gasteiger partial charge on any atom is 0.308 e. The van der Waals surface area contributed by atoms with E-state index in [-0.39, 0.29) is 12.1 Å². The number of anilines is 1. The second-order valence-corrected chi connectivity index (χ2v) is 8.25. The predicted octanol–water partition coefficient (Wildman–Crippen LogP) is 5.70. The first-order chi connectivity index (χ1) is 13.8. The number of esters is 1. The zero-order valence-corrected chi connectivity index (χ0v) is 18.6. The van der Waals surface area contributed by atoms with E-state index in [2.05, 4.69) is 12.2 Å². The molecule has 1 aliphatic rings. The van der Waals surface area contributed by atoms with Crippen LogP contribution in [0.25, 0.3) is 0 Å². The van der Waals surface area contributed by atoms with Crippen molar-refractivity contribution in [2.75, 3.05) is 5.32 Å². The van der Waals surface area contributed by atoms with Crippen molar-refractivity contribution in [2.45, 2.75) is 60.0 Å². The van der Waals surface area contributed by atoms with Gasteiger partial charge in [-0.1, -0.05) is 37.3 Å². The molecule has 4 nitrogen and oxygen atoms in total. The monoisotopic (exact) mass is 411 g/mol. The van der Waals surface area contributed by atoms with Crippen molar-refractivity contribution in [1.29, 1.82) is 0 Å². The third-order valence-corrected chi connectivity index (χ3v) is 6.06. The van der Waals surface area contributed by atoms with Crippen molar-refractivity contribution in [3.05, 3.63) is 52.6 Å². The molecule has 154 valence electrons. The number of nitrogens with one attached hydrogen (secondary N) is 1. The molecule has 2 aromatic rings. The molecule has 0 amide bonds. The quantitative estimate of drug-likeness (QED) is 0.389. The summed E-state index contributed by atoms with van der Waals surface area (Å²) in [5, 5.41) is 3.32. The fourth-order valence-corrected chi connectivity index (χ4v) is 4.31. The smallest absolute Gasteiger partial charge is 0.308 e. The van der Waals surface area contributed by atoms with Gasteiger partial charge in [0, 0.05) is 30.5 Å². The topological polar surface area (TPSA) is 47.6 Å². The minimum atomic E-state index is -0.297. The summed E-state index contributed by atoms with van der Waals surface area (Å²) in [5.74, 6) is 1.65. The summed E-state index contributed by atoms with van der Waals surface area (Å²) in [6, 6.07) is 9.98. The van der Waals surface area contributed by atoms with Gasteiger partial charge in [-0.25, -0.2) is 0 Å². The number of hydrogen-bond acceptors (Lipinski definition) is 4. The average molecular weight is 412 g/mol. The number of carbonyl (C=O) groups is 1. The third kappa shape index (κ3) is 4.61. The number of rotatable bonds is 5. The molecule has 29 heavy (non-hydrogen) atoms. The van der Waals surface area contributed by atoms with Crippen LogP contribution in [0.5, 0.6) is 11.5 Å². The van der Waals surface area contributed by atoms with E-state index in [0.29, 0.717) is 18.1 Å². The second-order valence-electron chi connectivity index (χ2n) is 7.75. The molecule has 0 aromatic heterocycles. The Hall–Kier alpha value is -2.40. The lowest BCUT2D eigenvalue weighted by Gasteiger charge is -2.36. The lowest BCUT2D eigenvalue weighted by Crippen LogP contribution is -2.36. The van der Waals surface area contributed by atoms with Crippen molar-refractivity contribution < 1.29 is 14.3 Å². The summed E-state index contributed by atoms with van der Waals surface area (Å²) in [7, 11) is 0. The summed E-state index contributed by atoms with van der Waals surface area (Å²) >= 11 is 5.62. The van der Waals surface area contributed by atoms with Gasteiger partial charge in [0.2, 0.25) is 0 Å². The van der Waals surface area contributed by atoms with Gasteiger partial charge in [-0.05, 0) is 62.4 Å². The van der Waals surface area contributed by atoms with Gasteiger partial charge in [-0.3, -0.25) is 4.79 Å². The van der Waals surface area contributed by atoms with Crippen molar-refractivity contribution in [1.82, 2.24) is 0 Å². The molecule has 5 heteroatoms. The van der Waals surface area contributed by atoms with Gasteiger partial charge in [0.15, 0.2) is 0 Å². The number of hydrogen-bond donors (Lipinski definition) is 1. The number of fused-ring (bicyclic) bond motifs is 1. The van der Waals surface area contributed by atoms with E-state index < -0.39 is 0 Å². The third-order valence-electron chi connectivity index (χ3n) is 5.79. The summed E-state index contributed by atoms with van der Waals surface area (Å²) < 4.78 is 12.1. The van der Waals surface area contributed by atoms with E-state index in [1.807, 2.05) is 51.1 Å². The Balaban J connectivity index is 1.86. The van der Waals surface area contributed by atoms with E-state index in [1.54, 1.807) is 0 Å². The largest absolute Gasteiger partial charge is 0.489 e. The van der Waals surface area contributed by atoms with Crippen molar-refractivity contribution >= 4 is 28.9 Å². The van der Waals surface area contributed by atoms with Crippen LogP contribution in [-0.2, 0) is 11.2 Å². The number of thiocarbonyl (C=S) groups is 1. The number of para-hydroxylation sites is 1. The van der Waals surface area contributed by atoms with Crippen LogP contribution in [0.3, 0.4) is 0 Å². The molecule has 0 spiro atoms. The standard InChI is InChI=1S/C24H29NO3S/c1-6-18-12-20-16(4)23(27-17(5)26)14(2)15(3)24(20)28-21(18)13-22(29)25-19-10-8-7-9-11-19/h7-11,18,21H,6,12-13H2,1-5H3,(H,25,29). The highest BCUT2D eigenvalue weighted by atomic mass is 32.1. The Kier molecular flexibility index (Phi) is 6.58. The molecule has 0 aliphatic carbocycles. The molecule has 0 bridgehead atoms. The Morgan fingerprint density at radius 2 is 1.86 bits per heavy atom. The maximum absolute atomic E-state index is 11.6. The fraction of sp³-hybridized carbons (Fsp3) is 0.417. The highest BCUT2D eigenvalue weighted by Crippen LogP contribution is 2.44. The summed E-state index contributed by atoms with van der Waals surface area (Å²) in [5.41, 5.74) is 5.13. The summed E-state index contributed by atoms with van der Waals surface area (Å²) in [6.07, 6.45) is 2.58. The van der Waals surface area contributed by atoms with E-state index in [4.69, 9.17) is 21.7 Å². The van der Waals surface area contributed by atoms with Gasteiger partial charge in [-0.2, -0.15) is 0 Å². The lowest BCUT2D eigenvalue weighted by molar-refractivity contribution is -0.132. The summed E-state index contributed by atoms with van der Waals surface area (Å²) in [4.78, 5) is 12.3.